The Labute approximate surface area is 108 Å². The third kappa shape index (κ3) is 4.39. The van der Waals surface area contributed by atoms with Crippen molar-refractivity contribution in [3.63, 3.8) is 0 Å². The molecule has 0 radical (unpaired) electrons. The molecule has 1 heterocycles. The van der Waals surface area contributed by atoms with E-state index < -0.39 is 0 Å². The molecule has 0 aliphatic rings. The molecule has 2 atom stereocenters. The summed E-state index contributed by atoms with van der Waals surface area (Å²) in [5.74, 6) is 5.66. The number of thiophene rings is 1. The molecule has 0 saturated carbocycles. The van der Waals surface area contributed by atoms with Crippen LogP contribution in [0.4, 0.5) is 0 Å². The van der Waals surface area contributed by atoms with Crippen molar-refractivity contribution >= 4 is 11.3 Å². The van der Waals surface area contributed by atoms with Crippen molar-refractivity contribution < 1.29 is 4.74 Å². The van der Waals surface area contributed by atoms with Gasteiger partial charge in [0.05, 0.1) is 6.10 Å². The van der Waals surface area contributed by atoms with Gasteiger partial charge >= 0.3 is 0 Å². The average Bonchev–Trinajstić information content (AvgIpc) is 2.74. The summed E-state index contributed by atoms with van der Waals surface area (Å²) in [7, 11) is 1.76. The number of hydrogen-bond donors (Lipinski definition) is 2. The summed E-state index contributed by atoms with van der Waals surface area (Å²) >= 11 is 1.79. The Hall–Kier alpha value is -0.420. The molecule has 98 valence electrons. The van der Waals surface area contributed by atoms with Gasteiger partial charge in [0.1, 0.15) is 0 Å². The van der Waals surface area contributed by atoms with E-state index in [4.69, 9.17) is 10.6 Å². The highest BCUT2D eigenvalue weighted by Gasteiger charge is 2.31. The molecule has 0 spiro atoms. The monoisotopic (exact) mass is 256 g/mol. The molecule has 3 nitrogen and oxygen atoms in total. The Kier molecular flexibility index (Phi) is 5.59. The van der Waals surface area contributed by atoms with Crippen molar-refractivity contribution in [2.45, 2.75) is 45.8 Å². The number of aryl methyl sites for hydroxylation is 1. The van der Waals surface area contributed by atoms with E-state index in [2.05, 4.69) is 43.7 Å². The topological polar surface area (TPSA) is 47.3 Å². The lowest BCUT2D eigenvalue weighted by Gasteiger charge is -2.35. The van der Waals surface area contributed by atoms with Gasteiger partial charge in [-0.15, -0.1) is 11.3 Å². The maximum absolute atomic E-state index is 5.66. The molecule has 2 unspecified atom stereocenters. The number of nitrogens with one attached hydrogen (secondary N) is 1. The molecular weight excluding hydrogens is 232 g/mol. The zero-order chi connectivity index (χ0) is 12.9. The quantitative estimate of drug-likeness (QED) is 0.607. The zero-order valence-corrected chi connectivity index (χ0v) is 12.0. The molecule has 17 heavy (non-hydrogen) atoms. The van der Waals surface area contributed by atoms with Crippen LogP contribution in [0.3, 0.4) is 0 Å². The molecule has 1 aromatic rings. The second kappa shape index (κ2) is 6.50. The van der Waals surface area contributed by atoms with E-state index in [1.807, 2.05) is 0 Å². The Morgan fingerprint density at radius 1 is 1.47 bits per heavy atom. The van der Waals surface area contributed by atoms with Crippen molar-refractivity contribution in [3.05, 3.63) is 22.4 Å². The van der Waals surface area contributed by atoms with E-state index in [-0.39, 0.29) is 17.6 Å². The van der Waals surface area contributed by atoms with Crippen LogP contribution in [-0.4, -0.2) is 19.3 Å². The van der Waals surface area contributed by atoms with Crippen LogP contribution < -0.4 is 11.3 Å². The maximum atomic E-state index is 5.66. The second-order valence-corrected chi connectivity index (χ2v) is 6.45. The second-order valence-electron chi connectivity index (χ2n) is 5.41. The summed E-state index contributed by atoms with van der Waals surface area (Å²) in [6.45, 7) is 6.53. The van der Waals surface area contributed by atoms with Crippen LogP contribution in [0.1, 0.15) is 32.1 Å². The van der Waals surface area contributed by atoms with E-state index >= 15 is 0 Å². The Balaban J connectivity index is 2.57. The van der Waals surface area contributed by atoms with Gasteiger partial charge in [0.15, 0.2) is 0 Å². The predicted octanol–water partition coefficient (Wildman–Crippen LogP) is 2.57. The van der Waals surface area contributed by atoms with Gasteiger partial charge in [-0.25, -0.2) is 0 Å². The molecule has 0 aliphatic heterocycles. The third-order valence-electron chi connectivity index (χ3n) is 2.97. The summed E-state index contributed by atoms with van der Waals surface area (Å²) in [5, 5.41) is 2.11. The van der Waals surface area contributed by atoms with E-state index in [9.17, 15) is 0 Å². The minimum Gasteiger partial charge on any atom is -0.379 e. The van der Waals surface area contributed by atoms with E-state index in [0.717, 1.165) is 12.8 Å². The van der Waals surface area contributed by atoms with Crippen LogP contribution in [-0.2, 0) is 11.2 Å². The number of hydrazine groups is 1. The highest BCUT2D eigenvalue weighted by atomic mass is 32.1. The van der Waals surface area contributed by atoms with Crippen LogP contribution in [0.2, 0.25) is 0 Å². The van der Waals surface area contributed by atoms with Gasteiger partial charge in [-0.3, -0.25) is 11.3 Å². The minimum atomic E-state index is 0.0846. The standard InChI is InChI=1S/C13H24N2OS/c1-13(2,3)12(16-4)11(15-14)8-7-10-6-5-9-17-10/h5-6,9,11-12,15H,7-8,14H2,1-4H3. The smallest absolute Gasteiger partial charge is 0.0785 e. The molecule has 0 bridgehead atoms. The molecule has 0 aliphatic carbocycles. The molecule has 4 heteroatoms. The van der Waals surface area contributed by atoms with Gasteiger partial charge < -0.3 is 4.74 Å². The van der Waals surface area contributed by atoms with Gasteiger partial charge in [0.2, 0.25) is 0 Å². The Morgan fingerprint density at radius 3 is 2.59 bits per heavy atom. The molecule has 3 N–H and O–H groups in total. The van der Waals surface area contributed by atoms with Crippen LogP contribution in [0, 0.1) is 5.41 Å². The third-order valence-corrected chi connectivity index (χ3v) is 3.91. The molecular formula is C13H24N2OS. The highest BCUT2D eigenvalue weighted by molar-refractivity contribution is 7.09. The average molecular weight is 256 g/mol. The summed E-state index contributed by atoms with van der Waals surface area (Å²) in [6.07, 6.45) is 2.15. The summed E-state index contributed by atoms with van der Waals surface area (Å²) in [4.78, 5) is 1.40. The first kappa shape index (κ1) is 14.6. The molecule has 0 amide bonds. The number of ether oxygens (including phenoxy) is 1. The highest BCUT2D eigenvalue weighted by Crippen LogP contribution is 2.26. The first-order valence-corrected chi connectivity index (χ1v) is 6.88. The van der Waals surface area contributed by atoms with Crippen molar-refractivity contribution in [2.75, 3.05) is 7.11 Å². The number of hydrogen-bond acceptors (Lipinski definition) is 4. The fourth-order valence-corrected chi connectivity index (χ4v) is 2.92. The first-order valence-electron chi connectivity index (χ1n) is 6.00. The number of rotatable bonds is 6. The maximum Gasteiger partial charge on any atom is 0.0785 e. The molecule has 0 saturated heterocycles. The van der Waals surface area contributed by atoms with E-state index in [1.54, 1.807) is 18.4 Å². The van der Waals surface area contributed by atoms with Crippen LogP contribution >= 0.6 is 11.3 Å². The van der Waals surface area contributed by atoms with Crippen LogP contribution in [0.25, 0.3) is 0 Å². The van der Waals surface area contributed by atoms with Crippen molar-refractivity contribution in [1.29, 1.82) is 0 Å². The van der Waals surface area contributed by atoms with E-state index in [0.29, 0.717) is 0 Å². The summed E-state index contributed by atoms with van der Waals surface area (Å²) < 4.78 is 5.60. The van der Waals surface area contributed by atoms with Crippen molar-refractivity contribution in [2.24, 2.45) is 11.3 Å². The minimum absolute atomic E-state index is 0.0846. The Morgan fingerprint density at radius 2 is 2.18 bits per heavy atom. The molecule has 0 fully saturated rings. The zero-order valence-electron chi connectivity index (χ0n) is 11.2. The van der Waals surface area contributed by atoms with Gasteiger partial charge in [0, 0.05) is 18.0 Å². The lowest BCUT2D eigenvalue weighted by Crippen LogP contribution is -2.50. The van der Waals surface area contributed by atoms with Gasteiger partial charge in [0.25, 0.3) is 0 Å². The molecule has 0 aromatic carbocycles. The fourth-order valence-electron chi connectivity index (χ4n) is 2.20. The largest absolute Gasteiger partial charge is 0.379 e. The summed E-state index contributed by atoms with van der Waals surface area (Å²) in [6, 6.07) is 4.43. The van der Waals surface area contributed by atoms with Crippen LogP contribution in [0.15, 0.2) is 17.5 Å². The van der Waals surface area contributed by atoms with Crippen molar-refractivity contribution in [1.82, 2.24) is 5.43 Å². The summed E-state index contributed by atoms with van der Waals surface area (Å²) in [5.41, 5.74) is 2.99. The Bertz CT molecular complexity index is 306. The first-order chi connectivity index (χ1) is 7.99. The van der Waals surface area contributed by atoms with Crippen LogP contribution in [0.5, 0.6) is 0 Å². The lowest BCUT2D eigenvalue weighted by atomic mass is 9.83. The van der Waals surface area contributed by atoms with Gasteiger partial charge in [-0.1, -0.05) is 26.8 Å². The predicted molar refractivity (Wildman–Crippen MR) is 74.0 cm³/mol. The number of nitrogens with two attached hydrogens (primary N) is 1. The number of methoxy groups -OCH3 is 1. The SMILES string of the molecule is COC(C(CCc1cccs1)NN)C(C)(C)C. The van der Waals surface area contributed by atoms with E-state index in [1.165, 1.54) is 4.88 Å². The van der Waals surface area contributed by atoms with Gasteiger partial charge in [-0.05, 0) is 29.7 Å². The fraction of sp³-hybridized carbons (Fsp3) is 0.692. The molecule has 1 aromatic heterocycles. The van der Waals surface area contributed by atoms with Gasteiger partial charge in [-0.2, -0.15) is 0 Å². The molecule has 1 rings (SSSR count). The van der Waals surface area contributed by atoms with Crippen molar-refractivity contribution in [3.8, 4) is 0 Å². The normalized spacial score (nSPS) is 15.8. The lowest BCUT2D eigenvalue weighted by molar-refractivity contribution is -0.0130.